The third kappa shape index (κ3) is 2.99. The minimum Gasteiger partial charge on any atom is -0.393 e. The molecule has 8 nitrogen and oxygen atoms in total. The lowest BCUT2D eigenvalue weighted by atomic mass is 9.91. The molecule has 1 N–H and O–H groups in total. The second-order valence-electron chi connectivity index (χ2n) is 8.00. The fourth-order valence-electron chi connectivity index (χ4n) is 4.44. The largest absolute Gasteiger partial charge is 0.393 e. The number of hydrogen-bond acceptors (Lipinski definition) is 6. The van der Waals surface area contributed by atoms with Gasteiger partial charge in [0.25, 0.3) is 0 Å². The van der Waals surface area contributed by atoms with Crippen molar-refractivity contribution in [3.05, 3.63) is 42.2 Å². The maximum Gasteiger partial charge on any atom is 0.246 e. The lowest BCUT2D eigenvalue weighted by molar-refractivity contribution is -0.117. The van der Waals surface area contributed by atoms with Gasteiger partial charge in [-0.25, -0.2) is 9.50 Å². The Bertz CT molecular complexity index is 1170. The Hall–Kier alpha value is -3.44. The van der Waals surface area contributed by atoms with Crippen LogP contribution in [-0.4, -0.2) is 51.4 Å². The second kappa shape index (κ2) is 7.11. The van der Waals surface area contributed by atoms with Gasteiger partial charge in [0.2, 0.25) is 5.91 Å². The Kier molecular flexibility index (Phi) is 4.40. The Morgan fingerprint density at radius 2 is 2.00 bits per heavy atom. The molecule has 3 aromatic heterocycles. The molecule has 1 fully saturated rings. The van der Waals surface area contributed by atoms with E-state index in [0.717, 1.165) is 54.0 Å². The predicted molar refractivity (Wildman–Crippen MR) is 112 cm³/mol. The third-order valence-electron chi connectivity index (χ3n) is 6.20. The molecule has 30 heavy (non-hydrogen) atoms. The summed E-state index contributed by atoms with van der Waals surface area (Å²) in [5.74, 6) is 0.824. The van der Waals surface area contributed by atoms with E-state index in [4.69, 9.17) is 4.98 Å². The van der Waals surface area contributed by atoms with Crippen molar-refractivity contribution >= 4 is 22.9 Å². The fraction of sp³-hybridized carbons (Fsp3) is 0.364. The lowest BCUT2D eigenvalue weighted by Gasteiger charge is -2.41. The highest BCUT2D eigenvalue weighted by molar-refractivity contribution is 6.02. The highest BCUT2D eigenvalue weighted by Gasteiger charge is 2.34. The smallest absolute Gasteiger partial charge is 0.246 e. The second-order valence-corrected chi connectivity index (χ2v) is 8.00. The molecular formula is C22H22N6O2. The summed E-state index contributed by atoms with van der Waals surface area (Å²) in [7, 11) is 1.78. The Morgan fingerprint density at radius 3 is 2.77 bits per heavy atom. The average Bonchev–Trinajstić information content (AvgIpc) is 3.19. The zero-order valence-corrected chi connectivity index (χ0v) is 16.7. The monoisotopic (exact) mass is 402 g/mol. The quantitative estimate of drug-likeness (QED) is 0.707. The number of hydrogen-bond donors (Lipinski definition) is 1. The van der Waals surface area contributed by atoms with Crippen molar-refractivity contribution in [2.45, 2.75) is 37.8 Å². The standard InChI is InChI=1S/C22H22N6O2/c1-26-19-7-6-18(17-12-24-28-9-8-14(11-23)10-20(17)28)25-22(19)27(13-21(26)30)15-2-4-16(29)5-3-15/h6-10,12,15-16,29H,2-5,13H2,1H3. The number of carbonyl (C=O) groups excluding carboxylic acids is 1. The van der Waals surface area contributed by atoms with E-state index in [-0.39, 0.29) is 24.6 Å². The first-order valence-electron chi connectivity index (χ1n) is 10.2. The van der Waals surface area contributed by atoms with E-state index in [1.807, 2.05) is 12.1 Å². The van der Waals surface area contributed by atoms with Crippen LogP contribution in [-0.2, 0) is 4.79 Å². The number of nitriles is 1. The first kappa shape index (κ1) is 18.6. The van der Waals surface area contributed by atoms with Gasteiger partial charge in [-0.1, -0.05) is 0 Å². The molecule has 0 unspecified atom stereocenters. The number of aliphatic hydroxyl groups excluding tert-OH is 1. The Labute approximate surface area is 174 Å². The van der Waals surface area contributed by atoms with E-state index in [0.29, 0.717) is 5.56 Å². The first-order valence-corrected chi connectivity index (χ1v) is 10.2. The third-order valence-corrected chi connectivity index (χ3v) is 6.20. The summed E-state index contributed by atoms with van der Waals surface area (Å²) in [6.45, 7) is 0.286. The summed E-state index contributed by atoms with van der Waals surface area (Å²) in [5, 5.41) is 23.5. The molecular weight excluding hydrogens is 380 g/mol. The Balaban J connectivity index is 1.60. The maximum absolute atomic E-state index is 12.6. The van der Waals surface area contributed by atoms with Gasteiger partial charge in [0, 0.05) is 24.8 Å². The fourth-order valence-corrected chi connectivity index (χ4v) is 4.44. The van der Waals surface area contributed by atoms with Crippen molar-refractivity contribution in [2.24, 2.45) is 0 Å². The highest BCUT2D eigenvalue weighted by Crippen LogP contribution is 2.38. The topological polar surface area (TPSA) is 97.8 Å². The molecule has 4 heterocycles. The van der Waals surface area contributed by atoms with E-state index < -0.39 is 0 Å². The molecule has 152 valence electrons. The van der Waals surface area contributed by atoms with Crippen molar-refractivity contribution in [3.8, 4) is 17.3 Å². The number of likely N-dealkylation sites (N-methyl/N-ethyl adjacent to an activating group) is 1. The van der Waals surface area contributed by atoms with Gasteiger partial charge in [-0.05, 0) is 49.9 Å². The highest BCUT2D eigenvalue weighted by atomic mass is 16.3. The van der Waals surface area contributed by atoms with Crippen LogP contribution < -0.4 is 9.80 Å². The lowest BCUT2D eigenvalue weighted by Crippen LogP contribution is -2.50. The predicted octanol–water partition coefficient (Wildman–Crippen LogP) is 2.35. The SMILES string of the molecule is CN1C(=O)CN(C2CCC(O)CC2)c2nc(-c3cnn4ccc(C#N)cc34)ccc21. The van der Waals surface area contributed by atoms with Gasteiger partial charge in [-0.15, -0.1) is 0 Å². The van der Waals surface area contributed by atoms with Gasteiger partial charge < -0.3 is 14.9 Å². The number of fused-ring (bicyclic) bond motifs is 2. The van der Waals surface area contributed by atoms with E-state index in [1.54, 1.807) is 41.0 Å². The van der Waals surface area contributed by atoms with Crippen LogP contribution in [0.1, 0.15) is 31.2 Å². The molecule has 1 saturated carbocycles. The summed E-state index contributed by atoms with van der Waals surface area (Å²) in [6, 6.07) is 9.70. The molecule has 2 aliphatic rings. The number of aromatic nitrogens is 3. The van der Waals surface area contributed by atoms with Crippen molar-refractivity contribution in [1.82, 2.24) is 14.6 Å². The number of amides is 1. The minimum atomic E-state index is -0.253. The van der Waals surface area contributed by atoms with Crippen molar-refractivity contribution < 1.29 is 9.90 Å². The average molecular weight is 402 g/mol. The number of nitrogens with zero attached hydrogens (tertiary/aromatic N) is 6. The number of rotatable bonds is 2. The van der Waals surface area contributed by atoms with Crippen LogP contribution in [0.2, 0.25) is 0 Å². The van der Waals surface area contributed by atoms with Crippen LogP contribution in [0.4, 0.5) is 11.5 Å². The summed E-state index contributed by atoms with van der Waals surface area (Å²) in [4.78, 5) is 21.3. The zero-order valence-electron chi connectivity index (χ0n) is 16.7. The first-order chi connectivity index (χ1) is 14.5. The van der Waals surface area contributed by atoms with Crippen LogP contribution in [0, 0.1) is 11.3 Å². The van der Waals surface area contributed by atoms with Gasteiger partial charge >= 0.3 is 0 Å². The minimum absolute atomic E-state index is 0.0396. The molecule has 5 rings (SSSR count). The van der Waals surface area contributed by atoms with E-state index in [1.165, 1.54) is 0 Å². The van der Waals surface area contributed by atoms with E-state index in [2.05, 4.69) is 16.1 Å². The number of aliphatic hydroxyl groups is 1. The van der Waals surface area contributed by atoms with Gasteiger partial charge in [0.15, 0.2) is 5.82 Å². The van der Waals surface area contributed by atoms with Crippen LogP contribution in [0.15, 0.2) is 36.7 Å². The number of anilines is 2. The van der Waals surface area contributed by atoms with Crippen molar-refractivity contribution in [1.29, 1.82) is 5.26 Å². The van der Waals surface area contributed by atoms with Crippen LogP contribution in [0.25, 0.3) is 16.8 Å². The van der Waals surface area contributed by atoms with Gasteiger partial charge in [-0.3, -0.25) is 4.79 Å². The molecule has 1 aliphatic heterocycles. The van der Waals surface area contributed by atoms with Crippen molar-refractivity contribution in [2.75, 3.05) is 23.4 Å². The molecule has 0 atom stereocenters. The molecule has 0 saturated heterocycles. The van der Waals surface area contributed by atoms with E-state index >= 15 is 0 Å². The molecule has 3 aromatic rings. The summed E-state index contributed by atoms with van der Waals surface area (Å²) >= 11 is 0. The van der Waals surface area contributed by atoms with Gasteiger partial charge in [0.05, 0.1) is 47.4 Å². The Morgan fingerprint density at radius 1 is 1.20 bits per heavy atom. The van der Waals surface area contributed by atoms with Crippen LogP contribution in [0.3, 0.4) is 0 Å². The molecule has 0 radical (unpaired) electrons. The van der Waals surface area contributed by atoms with Crippen molar-refractivity contribution in [3.63, 3.8) is 0 Å². The number of carbonyl (C=O) groups is 1. The van der Waals surface area contributed by atoms with Crippen LogP contribution >= 0.6 is 0 Å². The molecule has 8 heteroatoms. The normalized spacial score (nSPS) is 21.6. The molecule has 0 bridgehead atoms. The summed E-state index contributed by atoms with van der Waals surface area (Å²) in [5.41, 5.74) is 3.76. The van der Waals surface area contributed by atoms with Crippen LogP contribution in [0.5, 0.6) is 0 Å². The zero-order chi connectivity index (χ0) is 20.8. The number of pyridine rings is 2. The summed E-state index contributed by atoms with van der Waals surface area (Å²) < 4.78 is 1.73. The molecule has 1 aliphatic carbocycles. The van der Waals surface area contributed by atoms with Gasteiger partial charge in [-0.2, -0.15) is 10.4 Å². The summed E-state index contributed by atoms with van der Waals surface area (Å²) in [6.07, 6.45) is 6.43. The molecule has 0 aromatic carbocycles. The molecule has 0 spiro atoms. The molecule has 1 amide bonds. The van der Waals surface area contributed by atoms with E-state index in [9.17, 15) is 15.2 Å². The van der Waals surface area contributed by atoms with Gasteiger partial charge in [0.1, 0.15) is 0 Å². The maximum atomic E-state index is 12.6.